The molecule has 6 heteroatoms. The summed E-state index contributed by atoms with van der Waals surface area (Å²) in [6.45, 7) is 2.29. The van der Waals surface area contributed by atoms with Crippen molar-refractivity contribution in [1.82, 2.24) is 4.98 Å². The lowest BCUT2D eigenvalue weighted by Gasteiger charge is -2.10. The molecule has 1 heterocycles. The summed E-state index contributed by atoms with van der Waals surface area (Å²) in [5.41, 5.74) is 1.11. The quantitative estimate of drug-likeness (QED) is 0.724. The van der Waals surface area contributed by atoms with E-state index in [0.29, 0.717) is 27.7 Å². The number of amides is 1. The van der Waals surface area contributed by atoms with Crippen LogP contribution in [0.5, 0.6) is 5.75 Å². The molecule has 0 unspecified atom stereocenters. The Morgan fingerprint density at radius 2 is 2.22 bits per heavy atom. The van der Waals surface area contributed by atoms with Gasteiger partial charge in [0.2, 0.25) is 0 Å². The number of carbonyl (C=O) groups is 1. The van der Waals surface area contributed by atoms with Crippen molar-refractivity contribution >= 4 is 34.3 Å². The monoisotopic (exact) mass is 426 g/mol. The Bertz CT molecular complexity index is 747. The van der Waals surface area contributed by atoms with Crippen molar-refractivity contribution in [2.24, 2.45) is 0 Å². The van der Waals surface area contributed by atoms with Crippen LogP contribution in [-0.2, 0) is 0 Å². The third kappa shape index (κ3) is 3.80. The van der Waals surface area contributed by atoms with Gasteiger partial charge in [-0.3, -0.25) is 4.79 Å². The first-order valence-corrected chi connectivity index (χ1v) is 8.55. The molecule has 1 N–H and O–H groups in total. The summed E-state index contributed by atoms with van der Waals surface area (Å²) >= 11 is 1.98. The third-order valence-corrected chi connectivity index (χ3v) is 4.48. The summed E-state index contributed by atoms with van der Waals surface area (Å²) in [6, 6.07) is 6.53. The third-order valence-electron chi connectivity index (χ3n) is 3.64. The number of hydrogen-bond acceptors (Lipinski definition) is 3. The molecule has 4 nitrogen and oxygen atoms in total. The van der Waals surface area contributed by atoms with Crippen molar-refractivity contribution in [2.45, 2.75) is 25.7 Å². The number of anilines is 1. The summed E-state index contributed by atoms with van der Waals surface area (Å²) < 4.78 is 20.2. The number of rotatable bonds is 5. The fourth-order valence-electron chi connectivity index (χ4n) is 2.34. The van der Waals surface area contributed by atoms with Gasteiger partial charge in [-0.1, -0.05) is 0 Å². The molecule has 1 aromatic carbocycles. The van der Waals surface area contributed by atoms with Crippen molar-refractivity contribution in [1.29, 1.82) is 0 Å². The molecule has 0 aliphatic heterocycles. The number of nitrogens with zero attached hydrogens (tertiary/aromatic N) is 1. The second-order valence-corrected chi connectivity index (χ2v) is 6.56. The topological polar surface area (TPSA) is 51.2 Å². The lowest BCUT2D eigenvalue weighted by molar-refractivity contribution is 0.102. The number of carbonyl (C=O) groups excluding carboxylic acids is 1. The molecule has 3 rings (SSSR count). The van der Waals surface area contributed by atoms with Crippen molar-refractivity contribution in [2.75, 3.05) is 11.9 Å². The fourth-order valence-corrected chi connectivity index (χ4v) is 2.92. The first-order chi connectivity index (χ1) is 11.1. The predicted octanol–water partition coefficient (Wildman–Crippen LogP) is 4.35. The molecule has 120 valence electrons. The molecule has 2 aromatic rings. The maximum atomic E-state index is 14.1. The Balaban J connectivity index is 1.82. The normalized spacial score (nSPS) is 13.7. The Kier molecular flexibility index (Phi) is 4.79. The highest BCUT2D eigenvalue weighted by Crippen LogP contribution is 2.40. The van der Waals surface area contributed by atoms with Crippen LogP contribution in [-0.4, -0.2) is 17.5 Å². The molecule has 1 aromatic heterocycles. The average Bonchev–Trinajstić information content (AvgIpc) is 3.35. The van der Waals surface area contributed by atoms with E-state index in [2.05, 4.69) is 10.3 Å². The van der Waals surface area contributed by atoms with E-state index in [-0.39, 0.29) is 5.56 Å². The van der Waals surface area contributed by atoms with Crippen LogP contribution in [0.4, 0.5) is 10.2 Å². The molecule has 1 aliphatic carbocycles. The molecule has 0 atom stereocenters. The number of benzene rings is 1. The molecule has 0 radical (unpaired) electrons. The van der Waals surface area contributed by atoms with E-state index < -0.39 is 11.7 Å². The maximum Gasteiger partial charge on any atom is 0.259 e. The minimum atomic E-state index is -0.575. The van der Waals surface area contributed by atoms with Crippen LogP contribution in [0.1, 0.15) is 41.6 Å². The SMILES string of the molecule is CCOc1cc(C(=O)Nc2cc(C3CC3)ccn2)c(F)cc1I. The van der Waals surface area contributed by atoms with Crippen LogP contribution in [0.25, 0.3) is 0 Å². The Labute approximate surface area is 147 Å². The van der Waals surface area contributed by atoms with Gasteiger partial charge < -0.3 is 10.1 Å². The highest BCUT2D eigenvalue weighted by molar-refractivity contribution is 14.1. The number of nitrogens with one attached hydrogen (secondary N) is 1. The predicted molar refractivity (Wildman–Crippen MR) is 94.5 cm³/mol. The van der Waals surface area contributed by atoms with Gasteiger partial charge >= 0.3 is 0 Å². The van der Waals surface area contributed by atoms with Gasteiger partial charge in [-0.2, -0.15) is 0 Å². The van der Waals surface area contributed by atoms with Crippen LogP contribution in [0, 0.1) is 9.39 Å². The molecule has 1 fully saturated rings. The van der Waals surface area contributed by atoms with E-state index in [0.717, 1.165) is 5.56 Å². The Hall–Kier alpha value is -1.70. The second kappa shape index (κ2) is 6.82. The number of ether oxygens (including phenoxy) is 1. The highest BCUT2D eigenvalue weighted by atomic mass is 127. The van der Waals surface area contributed by atoms with E-state index >= 15 is 0 Å². The molecule has 1 amide bonds. The minimum absolute atomic E-state index is 0.0486. The summed E-state index contributed by atoms with van der Waals surface area (Å²) in [4.78, 5) is 16.5. The number of aromatic nitrogens is 1. The van der Waals surface area contributed by atoms with Gasteiger partial charge in [0.15, 0.2) is 0 Å². The van der Waals surface area contributed by atoms with Crippen molar-refractivity contribution in [3.63, 3.8) is 0 Å². The maximum absolute atomic E-state index is 14.1. The summed E-state index contributed by atoms with van der Waals surface area (Å²) in [5, 5.41) is 2.66. The van der Waals surface area contributed by atoms with Gasteiger partial charge in [-0.15, -0.1) is 0 Å². The number of pyridine rings is 1. The van der Waals surface area contributed by atoms with Crippen LogP contribution < -0.4 is 10.1 Å². The summed E-state index contributed by atoms with van der Waals surface area (Å²) in [7, 11) is 0. The van der Waals surface area contributed by atoms with Gasteiger partial charge in [0.1, 0.15) is 17.4 Å². The van der Waals surface area contributed by atoms with Crippen LogP contribution >= 0.6 is 22.6 Å². The standard InChI is InChI=1S/C17H16FIN2O2/c1-2-23-15-8-12(13(18)9-14(15)19)17(22)21-16-7-11(5-6-20-16)10-3-4-10/h5-10H,2-4H2,1H3,(H,20,21,22). The van der Waals surface area contributed by atoms with Crippen molar-refractivity contribution in [3.05, 3.63) is 51.0 Å². The van der Waals surface area contributed by atoms with Gasteiger partial charge in [0.25, 0.3) is 5.91 Å². The molecule has 0 saturated heterocycles. The van der Waals surface area contributed by atoms with Crippen LogP contribution in [0.3, 0.4) is 0 Å². The Morgan fingerprint density at radius 1 is 1.43 bits per heavy atom. The zero-order valence-electron chi connectivity index (χ0n) is 12.6. The smallest absolute Gasteiger partial charge is 0.259 e. The molecular weight excluding hydrogens is 410 g/mol. The lowest BCUT2D eigenvalue weighted by Crippen LogP contribution is -2.15. The fraction of sp³-hybridized carbons (Fsp3) is 0.294. The number of halogens is 2. The molecule has 0 bridgehead atoms. The van der Waals surface area contributed by atoms with Crippen LogP contribution in [0.15, 0.2) is 30.5 Å². The molecular formula is C17H16FIN2O2. The second-order valence-electron chi connectivity index (χ2n) is 5.40. The van der Waals surface area contributed by atoms with E-state index in [9.17, 15) is 9.18 Å². The highest BCUT2D eigenvalue weighted by Gasteiger charge is 2.24. The van der Waals surface area contributed by atoms with Gasteiger partial charge in [0, 0.05) is 6.20 Å². The van der Waals surface area contributed by atoms with Gasteiger partial charge in [0.05, 0.1) is 15.7 Å². The van der Waals surface area contributed by atoms with Gasteiger partial charge in [-0.25, -0.2) is 9.37 Å². The summed E-state index contributed by atoms with van der Waals surface area (Å²) in [6.07, 6.45) is 4.00. The zero-order valence-corrected chi connectivity index (χ0v) is 14.8. The summed E-state index contributed by atoms with van der Waals surface area (Å²) in [5.74, 6) is 0.400. The zero-order chi connectivity index (χ0) is 16.4. The first kappa shape index (κ1) is 16.2. The largest absolute Gasteiger partial charge is 0.493 e. The van der Waals surface area contributed by atoms with Crippen LogP contribution in [0.2, 0.25) is 0 Å². The van der Waals surface area contributed by atoms with E-state index in [1.807, 2.05) is 41.6 Å². The molecule has 1 aliphatic rings. The van der Waals surface area contributed by atoms with E-state index in [1.165, 1.54) is 25.0 Å². The molecule has 23 heavy (non-hydrogen) atoms. The lowest BCUT2D eigenvalue weighted by atomic mass is 10.1. The molecule has 1 saturated carbocycles. The number of hydrogen-bond donors (Lipinski definition) is 1. The van der Waals surface area contributed by atoms with Gasteiger partial charge in [-0.05, 0) is 78.1 Å². The Morgan fingerprint density at radius 3 is 2.91 bits per heavy atom. The average molecular weight is 426 g/mol. The minimum Gasteiger partial charge on any atom is -0.493 e. The van der Waals surface area contributed by atoms with Crippen molar-refractivity contribution < 1.29 is 13.9 Å². The molecule has 0 spiro atoms. The van der Waals surface area contributed by atoms with E-state index in [4.69, 9.17) is 4.74 Å². The van der Waals surface area contributed by atoms with E-state index in [1.54, 1.807) is 6.20 Å². The first-order valence-electron chi connectivity index (χ1n) is 7.47. The van der Waals surface area contributed by atoms with Crippen molar-refractivity contribution in [3.8, 4) is 5.75 Å².